The normalized spacial score (nSPS) is 22.9. The molecule has 0 spiro atoms. The fourth-order valence-electron chi connectivity index (χ4n) is 1.76. The van der Waals surface area contributed by atoms with Crippen molar-refractivity contribution in [1.82, 2.24) is 0 Å². The van der Waals surface area contributed by atoms with Crippen LogP contribution in [-0.4, -0.2) is 0 Å². The highest BCUT2D eigenvalue weighted by molar-refractivity contribution is 4.95. The van der Waals surface area contributed by atoms with Crippen LogP contribution in [0, 0.1) is 11.3 Å². The van der Waals surface area contributed by atoms with Crippen LogP contribution in [0.25, 0.3) is 0 Å². The molecule has 0 heterocycles. The van der Waals surface area contributed by atoms with Gasteiger partial charge in [-0.1, -0.05) is 39.3 Å². The largest absolute Gasteiger partial charge is 0.0883 e. The fraction of sp³-hybridized carbons (Fsp3) is 0.833. The third-order valence-corrected chi connectivity index (χ3v) is 2.84. The van der Waals surface area contributed by atoms with Gasteiger partial charge in [0.25, 0.3) is 0 Å². The zero-order chi connectivity index (χ0) is 9.03. The number of allylic oxidation sites excluding steroid dienone is 2. The van der Waals surface area contributed by atoms with Gasteiger partial charge in [0.2, 0.25) is 0 Å². The first-order chi connectivity index (χ1) is 5.66. The zero-order valence-corrected chi connectivity index (χ0v) is 8.77. The van der Waals surface area contributed by atoms with Gasteiger partial charge in [-0.3, -0.25) is 0 Å². The molecule has 1 rings (SSSR count). The van der Waals surface area contributed by atoms with E-state index in [4.69, 9.17) is 0 Å². The maximum absolute atomic E-state index is 2.41. The lowest BCUT2D eigenvalue weighted by atomic mass is 9.94. The van der Waals surface area contributed by atoms with Crippen molar-refractivity contribution >= 4 is 0 Å². The van der Waals surface area contributed by atoms with Gasteiger partial charge in [-0.05, 0) is 37.0 Å². The minimum Gasteiger partial charge on any atom is -0.0883 e. The second-order valence-electron chi connectivity index (χ2n) is 4.71. The van der Waals surface area contributed by atoms with E-state index in [0.29, 0.717) is 0 Å². The molecule has 0 saturated heterocycles. The summed E-state index contributed by atoms with van der Waals surface area (Å²) in [6.07, 6.45) is 11.6. The van der Waals surface area contributed by atoms with Crippen LogP contribution in [0.5, 0.6) is 0 Å². The van der Waals surface area contributed by atoms with E-state index >= 15 is 0 Å². The Morgan fingerprint density at radius 3 is 2.58 bits per heavy atom. The Labute approximate surface area is 77.1 Å². The molecule has 0 N–H and O–H groups in total. The molecule has 0 bridgehead atoms. The van der Waals surface area contributed by atoms with Crippen molar-refractivity contribution in [1.29, 1.82) is 0 Å². The first-order valence-corrected chi connectivity index (χ1v) is 5.33. The van der Waals surface area contributed by atoms with Gasteiger partial charge in [0.05, 0.1) is 0 Å². The highest BCUT2D eigenvalue weighted by atomic mass is 14.4. The van der Waals surface area contributed by atoms with Gasteiger partial charge in [-0.25, -0.2) is 0 Å². The molecule has 0 heteroatoms. The number of hydrogen-bond acceptors (Lipinski definition) is 0. The van der Waals surface area contributed by atoms with E-state index in [1.54, 1.807) is 0 Å². The second kappa shape index (κ2) is 4.11. The number of unbranched alkanes of at least 4 members (excludes halogenated alkanes) is 1. The van der Waals surface area contributed by atoms with Crippen molar-refractivity contribution in [3.8, 4) is 0 Å². The molecule has 1 aliphatic carbocycles. The minimum absolute atomic E-state index is 0.718. The lowest BCUT2D eigenvalue weighted by Gasteiger charge is -2.11. The second-order valence-corrected chi connectivity index (χ2v) is 4.71. The SMILES string of the molecule is CCCC=CC(C)CC1(C)CC1. The molecule has 1 fully saturated rings. The molecule has 70 valence electrons. The predicted octanol–water partition coefficient (Wildman–Crippen LogP) is 4.17. The van der Waals surface area contributed by atoms with Gasteiger partial charge in [-0.15, -0.1) is 0 Å². The highest BCUT2D eigenvalue weighted by Gasteiger charge is 2.37. The topological polar surface area (TPSA) is 0 Å². The Bertz CT molecular complexity index is 151. The third kappa shape index (κ3) is 3.42. The summed E-state index contributed by atoms with van der Waals surface area (Å²) in [5.41, 5.74) is 0.718. The van der Waals surface area contributed by atoms with Crippen molar-refractivity contribution in [2.75, 3.05) is 0 Å². The molecular weight excluding hydrogens is 144 g/mol. The smallest absolute Gasteiger partial charge is 0.0257 e. The van der Waals surface area contributed by atoms with Crippen molar-refractivity contribution in [2.45, 2.75) is 52.9 Å². The van der Waals surface area contributed by atoms with E-state index in [1.165, 1.54) is 32.1 Å². The first-order valence-electron chi connectivity index (χ1n) is 5.33. The summed E-state index contributed by atoms with van der Waals surface area (Å²) in [6.45, 7) is 6.99. The van der Waals surface area contributed by atoms with E-state index in [-0.39, 0.29) is 0 Å². The average molecular weight is 166 g/mol. The molecular formula is C12H22. The van der Waals surface area contributed by atoms with Gasteiger partial charge in [0, 0.05) is 0 Å². The molecule has 1 saturated carbocycles. The molecule has 0 amide bonds. The molecule has 1 unspecified atom stereocenters. The van der Waals surface area contributed by atoms with Crippen LogP contribution in [-0.2, 0) is 0 Å². The van der Waals surface area contributed by atoms with Crippen LogP contribution in [0.1, 0.15) is 52.9 Å². The van der Waals surface area contributed by atoms with Crippen LogP contribution in [0.4, 0.5) is 0 Å². The van der Waals surface area contributed by atoms with E-state index in [1.807, 2.05) is 0 Å². The molecule has 0 aliphatic heterocycles. The highest BCUT2D eigenvalue weighted by Crippen LogP contribution is 2.50. The summed E-state index contributed by atoms with van der Waals surface area (Å²) in [5.74, 6) is 0.795. The molecule has 0 nitrogen and oxygen atoms in total. The van der Waals surface area contributed by atoms with Crippen LogP contribution in [0.3, 0.4) is 0 Å². The molecule has 0 radical (unpaired) electrons. The summed E-state index contributed by atoms with van der Waals surface area (Å²) in [7, 11) is 0. The Morgan fingerprint density at radius 2 is 2.08 bits per heavy atom. The van der Waals surface area contributed by atoms with Crippen molar-refractivity contribution in [2.24, 2.45) is 11.3 Å². The van der Waals surface area contributed by atoms with Crippen LogP contribution >= 0.6 is 0 Å². The summed E-state index contributed by atoms with van der Waals surface area (Å²) in [6, 6.07) is 0. The van der Waals surface area contributed by atoms with E-state index in [2.05, 4.69) is 32.9 Å². The standard InChI is InChI=1S/C12H22/c1-4-5-6-7-11(2)10-12(3)8-9-12/h6-7,11H,4-5,8-10H2,1-3H3. The summed E-state index contributed by atoms with van der Waals surface area (Å²) >= 11 is 0. The lowest BCUT2D eigenvalue weighted by Crippen LogP contribution is -2.00. The average Bonchev–Trinajstić information content (AvgIpc) is 2.68. The minimum atomic E-state index is 0.718. The van der Waals surface area contributed by atoms with Crippen molar-refractivity contribution < 1.29 is 0 Å². The molecule has 1 atom stereocenters. The summed E-state index contributed by atoms with van der Waals surface area (Å²) < 4.78 is 0. The Hall–Kier alpha value is -0.260. The van der Waals surface area contributed by atoms with Gasteiger partial charge in [0.15, 0.2) is 0 Å². The van der Waals surface area contributed by atoms with E-state index in [0.717, 1.165) is 11.3 Å². The molecule has 12 heavy (non-hydrogen) atoms. The van der Waals surface area contributed by atoms with Crippen LogP contribution in [0.15, 0.2) is 12.2 Å². The number of hydrogen-bond donors (Lipinski definition) is 0. The Kier molecular flexibility index (Phi) is 3.37. The lowest BCUT2D eigenvalue weighted by molar-refractivity contribution is 0.449. The van der Waals surface area contributed by atoms with Gasteiger partial charge in [-0.2, -0.15) is 0 Å². The number of rotatable bonds is 5. The Balaban J connectivity index is 2.15. The van der Waals surface area contributed by atoms with Crippen molar-refractivity contribution in [3.63, 3.8) is 0 Å². The zero-order valence-electron chi connectivity index (χ0n) is 8.77. The van der Waals surface area contributed by atoms with Gasteiger partial charge in [0.1, 0.15) is 0 Å². The quantitative estimate of drug-likeness (QED) is 0.538. The fourth-order valence-corrected chi connectivity index (χ4v) is 1.76. The van der Waals surface area contributed by atoms with Gasteiger partial charge < -0.3 is 0 Å². The molecule has 1 aliphatic rings. The van der Waals surface area contributed by atoms with Gasteiger partial charge >= 0.3 is 0 Å². The summed E-state index contributed by atoms with van der Waals surface area (Å²) in [5, 5.41) is 0. The third-order valence-electron chi connectivity index (χ3n) is 2.84. The van der Waals surface area contributed by atoms with E-state index in [9.17, 15) is 0 Å². The molecule has 0 aromatic carbocycles. The van der Waals surface area contributed by atoms with Crippen molar-refractivity contribution in [3.05, 3.63) is 12.2 Å². The van der Waals surface area contributed by atoms with Crippen LogP contribution < -0.4 is 0 Å². The van der Waals surface area contributed by atoms with Crippen LogP contribution in [0.2, 0.25) is 0 Å². The maximum atomic E-state index is 2.41. The summed E-state index contributed by atoms with van der Waals surface area (Å²) in [4.78, 5) is 0. The predicted molar refractivity (Wildman–Crippen MR) is 55.2 cm³/mol. The monoisotopic (exact) mass is 166 g/mol. The molecule has 0 aromatic rings. The molecule has 0 aromatic heterocycles. The first kappa shape index (κ1) is 9.83. The maximum Gasteiger partial charge on any atom is -0.0257 e. The van der Waals surface area contributed by atoms with E-state index < -0.39 is 0 Å². The Morgan fingerprint density at radius 1 is 1.42 bits per heavy atom.